The number of aliphatic hydroxyl groups is 1. The number of aromatic amines is 1. The second kappa shape index (κ2) is 5.78. The van der Waals surface area contributed by atoms with Crippen molar-refractivity contribution in [3.8, 4) is 11.8 Å². The van der Waals surface area contributed by atoms with Crippen molar-refractivity contribution in [2.24, 2.45) is 0 Å². The van der Waals surface area contributed by atoms with Crippen LogP contribution in [0.4, 0.5) is 0 Å². The van der Waals surface area contributed by atoms with E-state index in [1.165, 1.54) is 0 Å². The average Bonchev–Trinajstić information content (AvgIpc) is 2.87. The molecular weight excluding hydrogens is 272 g/mol. The quantitative estimate of drug-likeness (QED) is 0.888. The van der Waals surface area contributed by atoms with E-state index in [0.717, 1.165) is 22.3 Å². The number of hydrogen-bond acceptors (Lipinski definition) is 4. The highest BCUT2D eigenvalue weighted by Crippen LogP contribution is 2.31. The highest BCUT2D eigenvalue weighted by molar-refractivity contribution is 7.99. The zero-order chi connectivity index (χ0) is 14.8. The third kappa shape index (κ3) is 2.77. The lowest BCUT2D eigenvalue weighted by Crippen LogP contribution is -2.24. The first-order valence-electron chi connectivity index (χ1n) is 6.43. The molecule has 2 aromatic rings. The van der Waals surface area contributed by atoms with Gasteiger partial charge >= 0.3 is 0 Å². The van der Waals surface area contributed by atoms with E-state index in [2.05, 4.69) is 18.0 Å². The largest absolute Gasteiger partial charge is 0.495 e. The molecule has 0 aliphatic carbocycles. The Morgan fingerprint density at radius 2 is 2.20 bits per heavy atom. The van der Waals surface area contributed by atoms with Gasteiger partial charge in [-0.25, -0.2) is 0 Å². The van der Waals surface area contributed by atoms with Crippen LogP contribution in [-0.2, 0) is 5.60 Å². The molecule has 0 radical (unpaired) electrons. The molecule has 1 aromatic carbocycles. The number of fused-ring (bicyclic) bond motifs is 1. The summed E-state index contributed by atoms with van der Waals surface area (Å²) in [5.74, 6) is 2.12. The first kappa shape index (κ1) is 14.8. The van der Waals surface area contributed by atoms with Gasteiger partial charge in [0.2, 0.25) is 0 Å². The predicted molar refractivity (Wildman–Crippen MR) is 82.1 cm³/mol. The summed E-state index contributed by atoms with van der Waals surface area (Å²) in [6, 6.07) is 7.58. The Morgan fingerprint density at radius 1 is 1.45 bits per heavy atom. The molecule has 0 amide bonds. The maximum absolute atomic E-state index is 10.5. The van der Waals surface area contributed by atoms with E-state index in [1.807, 2.05) is 6.07 Å². The number of thioether (sulfide) groups is 1. The Morgan fingerprint density at radius 3 is 2.80 bits per heavy atom. The van der Waals surface area contributed by atoms with Crippen molar-refractivity contribution >= 4 is 22.7 Å². The number of rotatable bonds is 5. The SMILES string of the molecule is CCSCC(C)(O)c1cc2cc(C#N)c(OC)cc2[nH]1. The van der Waals surface area contributed by atoms with E-state index in [9.17, 15) is 5.11 Å². The topological polar surface area (TPSA) is 69.0 Å². The lowest BCUT2D eigenvalue weighted by Gasteiger charge is -2.21. The van der Waals surface area contributed by atoms with Crippen molar-refractivity contribution in [3.63, 3.8) is 0 Å². The smallest absolute Gasteiger partial charge is 0.138 e. The van der Waals surface area contributed by atoms with E-state index in [1.54, 1.807) is 37.9 Å². The van der Waals surface area contributed by atoms with Gasteiger partial charge in [0.15, 0.2) is 0 Å². The van der Waals surface area contributed by atoms with Crippen molar-refractivity contribution < 1.29 is 9.84 Å². The van der Waals surface area contributed by atoms with Gasteiger partial charge in [0.05, 0.1) is 12.7 Å². The first-order chi connectivity index (χ1) is 9.51. The molecule has 20 heavy (non-hydrogen) atoms. The molecule has 4 nitrogen and oxygen atoms in total. The molecule has 1 atom stereocenters. The van der Waals surface area contributed by atoms with Crippen LogP contribution in [0.5, 0.6) is 5.75 Å². The Bertz CT molecular complexity index is 656. The number of methoxy groups -OCH3 is 1. The molecule has 0 saturated heterocycles. The minimum absolute atomic E-state index is 0.494. The van der Waals surface area contributed by atoms with Crippen LogP contribution < -0.4 is 4.74 Å². The minimum atomic E-state index is -0.917. The lowest BCUT2D eigenvalue weighted by molar-refractivity contribution is 0.0800. The zero-order valence-electron chi connectivity index (χ0n) is 11.9. The molecule has 0 aliphatic heterocycles. The average molecular weight is 290 g/mol. The Kier molecular flexibility index (Phi) is 4.26. The Balaban J connectivity index is 2.46. The number of nitrogens with zero attached hydrogens (tertiary/aromatic N) is 1. The highest BCUT2D eigenvalue weighted by Gasteiger charge is 2.25. The van der Waals surface area contributed by atoms with Gasteiger partial charge in [-0.1, -0.05) is 6.92 Å². The monoisotopic (exact) mass is 290 g/mol. The second-order valence-electron chi connectivity index (χ2n) is 4.85. The number of nitriles is 1. The fraction of sp³-hybridized carbons (Fsp3) is 0.400. The summed E-state index contributed by atoms with van der Waals surface area (Å²) in [5, 5.41) is 20.5. The summed E-state index contributed by atoms with van der Waals surface area (Å²) < 4.78 is 5.19. The maximum Gasteiger partial charge on any atom is 0.138 e. The van der Waals surface area contributed by atoms with Crippen molar-refractivity contribution in [1.29, 1.82) is 5.26 Å². The van der Waals surface area contributed by atoms with Crippen molar-refractivity contribution in [2.45, 2.75) is 19.4 Å². The van der Waals surface area contributed by atoms with Crippen molar-refractivity contribution in [1.82, 2.24) is 4.98 Å². The molecule has 5 heteroatoms. The number of hydrogen-bond donors (Lipinski definition) is 2. The summed E-state index contributed by atoms with van der Waals surface area (Å²) in [7, 11) is 1.54. The van der Waals surface area contributed by atoms with Crippen LogP contribution in [0.15, 0.2) is 18.2 Å². The summed E-state index contributed by atoms with van der Waals surface area (Å²) in [6.45, 7) is 3.86. The van der Waals surface area contributed by atoms with Crippen LogP contribution in [-0.4, -0.2) is 28.7 Å². The van der Waals surface area contributed by atoms with Gasteiger partial charge in [-0.15, -0.1) is 0 Å². The summed E-state index contributed by atoms with van der Waals surface area (Å²) in [5.41, 5.74) is 1.19. The van der Waals surface area contributed by atoms with Crippen LogP contribution in [0.1, 0.15) is 25.1 Å². The molecule has 0 fully saturated rings. The number of nitrogens with one attached hydrogen (secondary N) is 1. The Hall–Kier alpha value is -1.64. The molecule has 0 saturated carbocycles. The summed E-state index contributed by atoms with van der Waals surface area (Å²) >= 11 is 1.69. The van der Waals surface area contributed by atoms with Gasteiger partial charge in [-0.05, 0) is 24.8 Å². The van der Waals surface area contributed by atoms with Gasteiger partial charge in [0.25, 0.3) is 0 Å². The van der Waals surface area contributed by atoms with Crippen molar-refractivity contribution in [2.75, 3.05) is 18.6 Å². The molecule has 0 spiro atoms. The maximum atomic E-state index is 10.5. The summed E-state index contributed by atoms with van der Waals surface area (Å²) in [6.07, 6.45) is 0. The van der Waals surface area contributed by atoms with Crippen LogP contribution in [0.25, 0.3) is 10.9 Å². The predicted octanol–water partition coefficient (Wildman–Crippen LogP) is 3.01. The number of ether oxygens (including phenoxy) is 1. The third-order valence-electron chi connectivity index (χ3n) is 3.23. The first-order valence-corrected chi connectivity index (χ1v) is 7.58. The van der Waals surface area contributed by atoms with Gasteiger partial charge in [-0.3, -0.25) is 0 Å². The van der Waals surface area contributed by atoms with E-state index in [4.69, 9.17) is 10.00 Å². The van der Waals surface area contributed by atoms with Crippen molar-refractivity contribution in [3.05, 3.63) is 29.5 Å². The number of benzene rings is 1. The van der Waals surface area contributed by atoms with E-state index in [-0.39, 0.29) is 0 Å². The van der Waals surface area contributed by atoms with Gasteiger partial charge in [0.1, 0.15) is 17.4 Å². The molecule has 0 aliphatic rings. The lowest BCUT2D eigenvalue weighted by atomic mass is 10.1. The van der Waals surface area contributed by atoms with Crippen LogP contribution in [0.3, 0.4) is 0 Å². The standard InChI is InChI=1S/C15H18N2O2S/c1-4-20-9-15(2,18)14-6-10-5-11(8-16)13(19-3)7-12(10)17-14/h5-7,17-18H,4,9H2,1-3H3. The number of aromatic nitrogens is 1. The van der Waals surface area contributed by atoms with Gasteiger partial charge < -0.3 is 14.8 Å². The van der Waals surface area contributed by atoms with Gasteiger partial charge in [-0.2, -0.15) is 17.0 Å². The molecule has 1 unspecified atom stereocenters. The summed E-state index contributed by atoms with van der Waals surface area (Å²) in [4.78, 5) is 3.22. The van der Waals surface area contributed by atoms with Crippen LogP contribution in [0.2, 0.25) is 0 Å². The van der Waals surface area contributed by atoms with Gasteiger partial charge in [0, 0.05) is 28.4 Å². The molecule has 106 valence electrons. The molecule has 1 heterocycles. The molecule has 0 bridgehead atoms. The zero-order valence-corrected chi connectivity index (χ0v) is 12.7. The minimum Gasteiger partial charge on any atom is -0.495 e. The van der Waals surface area contributed by atoms with Crippen LogP contribution >= 0.6 is 11.8 Å². The molecule has 2 rings (SSSR count). The fourth-order valence-corrected chi connectivity index (χ4v) is 2.84. The van der Waals surface area contributed by atoms with E-state index in [0.29, 0.717) is 17.1 Å². The second-order valence-corrected chi connectivity index (χ2v) is 6.12. The Labute approximate surface area is 122 Å². The van der Waals surface area contributed by atoms with E-state index >= 15 is 0 Å². The van der Waals surface area contributed by atoms with E-state index < -0.39 is 5.60 Å². The number of H-pyrrole nitrogens is 1. The fourth-order valence-electron chi connectivity index (χ4n) is 2.09. The third-order valence-corrected chi connectivity index (χ3v) is 4.40. The highest BCUT2D eigenvalue weighted by atomic mass is 32.2. The molecule has 2 N–H and O–H groups in total. The molecular formula is C15H18N2O2S. The molecule has 1 aromatic heterocycles. The van der Waals surface area contributed by atoms with Crippen LogP contribution in [0, 0.1) is 11.3 Å². The normalized spacial score (nSPS) is 13.9.